The quantitative estimate of drug-likeness (QED) is 0.137. The monoisotopic (exact) mass is 895 g/mol. The summed E-state index contributed by atoms with van der Waals surface area (Å²) in [6.07, 6.45) is 0. The van der Waals surface area contributed by atoms with E-state index in [-0.39, 0.29) is 0 Å². The second-order valence-electron chi connectivity index (χ2n) is 17.7. The van der Waals surface area contributed by atoms with E-state index in [1.54, 1.807) is 0 Å². The molecule has 330 valence electrons. The topological polar surface area (TPSA) is 24.6 Å². The molecule has 4 nitrogen and oxygen atoms in total. The molecule has 70 heavy (non-hydrogen) atoms. The van der Waals surface area contributed by atoms with Crippen molar-refractivity contribution in [2.24, 2.45) is 0 Å². The second-order valence-corrected chi connectivity index (χ2v) is 17.7. The molecular formula is C66H45N3O. The molecule has 13 aromatic rings. The first-order chi connectivity index (χ1) is 34.7. The number of rotatable bonds is 10. The lowest BCUT2D eigenvalue weighted by Crippen LogP contribution is -2.14. The molecule has 0 spiro atoms. The highest BCUT2D eigenvalue weighted by atomic mass is 16.3. The van der Waals surface area contributed by atoms with Crippen molar-refractivity contribution in [3.8, 4) is 39.1 Å². The summed E-state index contributed by atoms with van der Waals surface area (Å²) in [7, 11) is 0. The van der Waals surface area contributed by atoms with Gasteiger partial charge in [0.2, 0.25) is 0 Å². The first-order valence-electron chi connectivity index (χ1n) is 23.8. The van der Waals surface area contributed by atoms with Gasteiger partial charge in [0.1, 0.15) is 5.58 Å². The first kappa shape index (κ1) is 40.9. The number of nitrogens with zero attached hydrogens (tertiary/aromatic N) is 3. The minimum atomic E-state index is 0.824. The van der Waals surface area contributed by atoms with Gasteiger partial charge in [0.05, 0.1) is 33.8 Å². The molecule has 13 rings (SSSR count). The van der Waals surface area contributed by atoms with Crippen molar-refractivity contribution in [1.82, 2.24) is 4.57 Å². The van der Waals surface area contributed by atoms with Gasteiger partial charge in [0.15, 0.2) is 5.58 Å². The number of anilines is 6. The highest BCUT2D eigenvalue weighted by Crippen LogP contribution is 2.47. The molecule has 0 saturated carbocycles. The zero-order valence-corrected chi connectivity index (χ0v) is 38.2. The molecule has 0 amide bonds. The Morgan fingerprint density at radius 3 is 1.16 bits per heavy atom. The van der Waals surface area contributed by atoms with Crippen molar-refractivity contribution in [3.05, 3.63) is 273 Å². The van der Waals surface area contributed by atoms with E-state index in [4.69, 9.17) is 4.42 Å². The van der Waals surface area contributed by atoms with Crippen LogP contribution in [0.5, 0.6) is 0 Å². The van der Waals surface area contributed by atoms with Gasteiger partial charge in [-0.1, -0.05) is 194 Å². The molecule has 0 N–H and O–H groups in total. The van der Waals surface area contributed by atoms with Crippen LogP contribution < -0.4 is 9.80 Å². The average molecular weight is 896 g/mol. The predicted molar refractivity (Wildman–Crippen MR) is 294 cm³/mol. The van der Waals surface area contributed by atoms with Crippen molar-refractivity contribution in [2.75, 3.05) is 9.80 Å². The molecule has 0 aliphatic heterocycles. The zero-order valence-electron chi connectivity index (χ0n) is 38.2. The van der Waals surface area contributed by atoms with Crippen molar-refractivity contribution >= 4 is 77.9 Å². The first-order valence-corrected chi connectivity index (χ1v) is 23.8. The van der Waals surface area contributed by atoms with Gasteiger partial charge < -0.3 is 18.8 Å². The van der Waals surface area contributed by atoms with E-state index >= 15 is 0 Å². The Morgan fingerprint density at radius 1 is 0.271 bits per heavy atom. The fourth-order valence-corrected chi connectivity index (χ4v) is 10.3. The number of aromatic nitrogens is 1. The van der Waals surface area contributed by atoms with Gasteiger partial charge in [-0.3, -0.25) is 0 Å². The highest BCUT2D eigenvalue weighted by molar-refractivity contribution is 6.11. The average Bonchev–Trinajstić information content (AvgIpc) is 3.99. The van der Waals surface area contributed by atoms with Crippen LogP contribution >= 0.6 is 0 Å². The molecule has 4 heteroatoms. The van der Waals surface area contributed by atoms with E-state index in [1.165, 1.54) is 27.5 Å². The van der Waals surface area contributed by atoms with E-state index in [1.807, 2.05) is 6.07 Å². The van der Waals surface area contributed by atoms with Crippen molar-refractivity contribution < 1.29 is 4.42 Å². The molecule has 0 saturated heterocycles. The van der Waals surface area contributed by atoms with Crippen LogP contribution in [0.25, 0.3) is 82.8 Å². The number of benzene rings is 11. The maximum absolute atomic E-state index is 6.87. The number of hydrogen-bond acceptors (Lipinski definition) is 3. The molecule has 2 heterocycles. The van der Waals surface area contributed by atoms with Crippen molar-refractivity contribution in [1.29, 1.82) is 0 Å². The van der Waals surface area contributed by atoms with Gasteiger partial charge in [-0.15, -0.1) is 0 Å². The van der Waals surface area contributed by atoms with Crippen molar-refractivity contribution in [3.63, 3.8) is 0 Å². The van der Waals surface area contributed by atoms with Gasteiger partial charge in [-0.05, 0) is 112 Å². The molecule has 11 aromatic carbocycles. The van der Waals surface area contributed by atoms with E-state index in [9.17, 15) is 0 Å². The lowest BCUT2D eigenvalue weighted by Gasteiger charge is -2.31. The number of furan rings is 1. The molecule has 0 atom stereocenters. The summed E-state index contributed by atoms with van der Waals surface area (Å²) >= 11 is 0. The summed E-state index contributed by atoms with van der Waals surface area (Å²) < 4.78 is 9.29. The standard InChI is InChI=1S/C66H45N3O/c1-4-17-46(18-5-1)49-31-37-52(38-32-49)67(53-39-33-50(34-40-53)47-19-6-2-7-20-47)55-43-56(45-57(44-55)69-62-27-13-10-23-58(62)59-24-11-14-28-63(59)69)68(54-41-35-51(36-42-54)48-21-8-3-9-22-48)64-29-16-26-61-60-25-12-15-30-65(60)70-66(61)64/h1-45H. The van der Waals surface area contributed by atoms with Gasteiger partial charge in [-0.25, -0.2) is 0 Å². The molecule has 0 fully saturated rings. The molecule has 0 radical (unpaired) electrons. The minimum Gasteiger partial charge on any atom is -0.454 e. The lowest BCUT2D eigenvalue weighted by atomic mass is 10.0. The number of fused-ring (bicyclic) bond motifs is 6. The summed E-state index contributed by atoms with van der Waals surface area (Å²) in [4.78, 5) is 4.76. The minimum absolute atomic E-state index is 0.824. The third kappa shape index (κ3) is 7.27. The number of hydrogen-bond donors (Lipinski definition) is 0. The molecule has 0 aliphatic carbocycles. The van der Waals surface area contributed by atoms with Crippen LogP contribution in [0.3, 0.4) is 0 Å². The fraction of sp³-hybridized carbons (Fsp3) is 0. The SMILES string of the molecule is c1ccc(-c2ccc(N(c3ccc(-c4ccccc4)cc3)c3cc(N(c4ccc(-c5ccccc5)cc4)c4cccc5c4oc4ccccc45)cc(-n4c5ccccc5c5ccccc54)c3)cc2)cc1. The van der Waals surface area contributed by atoms with Crippen LogP contribution in [0, 0.1) is 0 Å². The normalized spacial score (nSPS) is 11.4. The van der Waals surface area contributed by atoms with Crippen LogP contribution in [0.4, 0.5) is 34.1 Å². The highest BCUT2D eigenvalue weighted by Gasteiger charge is 2.24. The molecule has 0 aliphatic rings. The second kappa shape index (κ2) is 17.4. The fourth-order valence-electron chi connectivity index (χ4n) is 10.3. The van der Waals surface area contributed by atoms with Crippen molar-refractivity contribution in [2.45, 2.75) is 0 Å². The third-order valence-electron chi connectivity index (χ3n) is 13.6. The van der Waals surface area contributed by atoms with E-state index in [0.29, 0.717) is 0 Å². The molecule has 0 bridgehead atoms. The maximum Gasteiger partial charge on any atom is 0.159 e. The van der Waals surface area contributed by atoms with Crippen LogP contribution in [-0.4, -0.2) is 4.57 Å². The summed E-state index contributed by atoms with van der Waals surface area (Å²) in [5.41, 5.74) is 18.0. The summed E-state index contributed by atoms with van der Waals surface area (Å²) in [5, 5.41) is 4.56. The molecule has 2 aromatic heterocycles. The summed E-state index contributed by atoms with van der Waals surface area (Å²) in [6.45, 7) is 0. The van der Waals surface area contributed by atoms with Crippen LogP contribution in [0.2, 0.25) is 0 Å². The Labute approximate surface area is 406 Å². The number of para-hydroxylation sites is 4. The van der Waals surface area contributed by atoms with Crippen LogP contribution in [0.15, 0.2) is 277 Å². The lowest BCUT2D eigenvalue weighted by molar-refractivity contribution is 0.669. The van der Waals surface area contributed by atoms with Crippen LogP contribution in [0.1, 0.15) is 0 Å². The van der Waals surface area contributed by atoms with Gasteiger partial charge in [0, 0.05) is 38.6 Å². The van der Waals surface area contributed by atoms with E-state index in [2.05, 4.69) is 281 Å². The Hall–Kier alpha value is -9.38. The molecular weight excluding hydrogens is 851 g/mol. The third-order valence-corrected chi connectivity index (χ3v) is 13.6. The zero-order chi connectivity index (χ0) is 46.4. The Balaban J connectivity index is 1.09. The van der Waals surface area contributed by atoms with Crippen LogP contribution in [-0.2, 0) is 0 Å². The Kier molecular flexibility index (Phi) is 10.1. The summed E-state index contributed by atoms with van der Waals surface area (Å²) in [5.74, 6) is 0. The smallest absolute Gasteiger partial charge is 0.159 e. The van der Waals surface area contributed by atoms with Gasteiger partial charge in [-0.2, -0.15) is 0 Å². The largest absolute Gasteiger partial charge is 0.454 e. The van der Waals surface area contributed by atoms with E-state index < -0.39 is 0 Å². The van der Waals surface area contributed by atoms with E-state index in [0.717, 1.165) is 89.5 Å². The maximum atomic E-state index is 6.87. The Bertz CT molecular complexity index is 3830. The van der Waals surface area contributed by atoms with Gasteiger partial charge in [0.25, 0.3) is 0 Å². The Morgan fingerprint density at radius 2 is 0.657 bits per heavy atom. The van der Waals surface area contributed by atoms with Gasteiger partial charge >= 0.3 is 0 Å². The summed E-state index contributed by atoms with van der Waals surface area (Å²) in [6, 6.07) is 97.9. The molecule has 0 unspecified atom stereocenters. The predicted octanol–water partition coefficient (Wildman–Crippen LogP) is 18.6.